The van der Waals surface area contributed by atoms with E-state index in [1.165, 1.54) is 0 Å². The molecule has 1 aliphatic heterocycles. The Bertz CT molecular complexity index is 424. The second-order valence-electron chi connectivity index (χ2n) is 4.08. The summed E-state index contributed by atoms with van der Waals surface area (Å²) >= 11 is 0. The monoisotopic (exact) mass is 219 g/mol. The predicted molar refractivity (Wildman–Crippen MR) is 58.1 cm³/mol. The molecule has 4 nitrogen and oxygen atoms in total. The summed E-state index contributed by atoms with van der Waals surface area (Å²) in [5.74, 6) is -2.66. The summed E-state index contributed by atoms with van der Waals surface area (Å²) in [5.41, 5.74) is 2.02. The first kappa shape index (κ1) is 10.7. The molecule has 1 heterocycles. The number of carboxylic acid groups (broad SMARTS) is 1. The summed E-state index contributed by atoms with van der Waals surface area (Å²) in [6.45, 7) is 2.37. The molecule has 1 fully saturated rings. The van der Waals surface area contributed by atoms with Gasteiger partial charge in [-0.3, -0.25) is 9.59 Å². The van der Waals surface area contributed by atoms with Crippen LogP contribution in [0.15, 0.2) is 24.3 Å². The average Bonchev–Trinajstić information content (AvgIpc) is 2.61. The highest BCUT2D eigenvalue weighted by Crippen LogP contribution is 2.29. The van der Waals surface area contributed by atoms with Gasteiger partial charge in [0.2, 0.25) is 5.91 Å². The third-order valence-corrected chi connectivity index (χ3v) is 2.95. The van der Waals surface area contributed by atoms with Crippen molar-refractivity contribution in [2.45, 2.75) is 12.8 Å². The lowest BCUT2D eigenvalue weighted by Crippen LogP contribution is -2.26. The Morgan fingerprint density at radius 2 is 2.00 bits per heavy atom. The number of hydrogen-bond acceptors (Lipinski definition) is 2. The molecule has 1 saturated heterocycles. The molecule has 1 aromatic rings. The van der Waals surface area contributed by atoms with Gasteiger partial charge < -0.3 is 10.4 Å². The van der Waals surface area contributed by atoms with Crippen molar-refractivity contribution in [3.63, 3.8) is 0 Å². The van der Waals surface area contributed by atoms with Gasteiger partial charge in [-0.25, -0.2) is 0 Å². The lowest BCUT2D eigenvalue weighted by Gasteiger charge is -2.13. The molecule has 84 valence electrons. The fourth-order valence-electron chi connectivity index (χ4n) is 2.03. The van der Waals surface area contributed by atoms with Crippen molar-refractivity contribution in [2.75, 3.05) is 6.54 Å². The molecule has 2 atom stereocenters. The van der Waals surface area contributed by atoms with Crippen LogP contribution in [0.1, 0.15) is 17.0 Å². The Morgan fingerprint density at radius 3 is 2.56 bits per heavy atom. The van der Waals surface area contributed by atoms with Crippen LogP contribution in [0, 0.1) is 12.8 Å². The molecule has 0 bridgehead atoms. The van der Waals surface area contributed by atoms with Crippen LogP contribution >= 0.6 is 0 Å². The SMILES string of the molecule is Cc1ccc(C2CNC(=O)C2C(=O)O)cc1. The summed E-state index contributed by atoms with van der Waals surface area (Å²) in [5, 5.41) is 11.6. The minimum absolute atomic E-state index is 0.259. The van der Waals surface area contributed by atoms with Crippen LogP contribution in [0.5, 0.6) is 0 Å². The topological polar surface area (TPSA) is 66.4 Å². The molecule has 16 heavy (non-hydrogen) atoms. The fraction of sp³-hybridized carbons (Fsp3) is 0.333. The van der Waals surface area contributed by atoms with Crippen molar-refractivity contribution in [1.29, 1.82) is 0 Å². The Hall–Kier alpha value is -1.84. The highest BCUT2D eigenvalue weighted by molar-refractivity contribution is 5.99. The van der Waals surface area contributed by atoms with Crippen LogP contribution in [-0.2, 0) is 9.59 Å². The molecule has 1 aliphatic rings. The van der Waals surface area contributed by atoms with Crippen LogP contribution < -0.4 is 5.32 Å². The molecule has 1 aromatic carbocycles. The zero-order valence-electron chi connectivity index (χ0n) is 8.93. The van der Waals surface area contributed by atoms with Gasteiger partial charge in [0, 0.05) is 12.5 Å². The number of carbonyl (C=O) groups is 2. The Morgan fingerprint density at radius 1 is 1.38 bits per heavy atom. The molecule has 0 aliphatic carbocycles. The minimum Gasteiger partial charge on any atom is -0.481 e. The predicted octanol–water partition coefficient (Wildman–Crippen LogP) is 0.909. The van der Waals surface area contributed by atoms with E-state index < -0.39 is 17.8 Å². The molecule has 4 heteroatoms. The quantitative estimate of drug-likeness (QED) is 0.726. The van der Waals surface area contributed by atoms with E-state index in [0.717, 1.165) is 11.1 Å². The molecule has 0 aromatic heterocycles. The number of aryl methyl sites for hydroxylation is 1. The van der Waals surface area contributed by atoms with Crippen molar-refractivity contribution in [2.24, 2.45) is 5.92 Å². The lowest BCUT2D eigenvalue weighted by molar-refractivity contribution is -0.145. The first-order chi connectivity index (χ1) is 7.59. The van der Waals surface area contributed by atoms with Crippen molar-refractivity contribution >= 4 is 11.9 Å². The summed E-state index contributed by atoms with van der Waals surface area (Å²) < 4.78 is 0. The number of nitrogens with one attached hydrogen (secondary N) is 1. The third kappa shape index (κ3) is 1.78. The number of carbonyl (C=O) groups excluding carboxylic acids is 1. The standard InChI is InChI=1S/C12H13NO3/c1-7-2-4-8(5-3-7)9-6-13-11(14)10(9)12(15)16/h2-5,9-10H,6H2,1H3,(H,13,14)(H,15,16). The Balaban J connectivity index is 2.30. The average molecular weight is 219 g/mol. The third-order valence-electron chi connectivity index (χ3n) is 2.95. The van der Waals surface area contributed by atoms with Gasteiger partial charge in [0.05, 0.1) is 0 Å². The Kier molecular flexibility index (Phi) is 2.64. The molecule has 2 N–H and O–H groups in total. The van der Waals surface area contributed by atoms with Gasteiger partial charge in [0.25, 0.3) is 0 Å². The van der Waals surface area contributed by atoms with E-state index in [2.05, 4.69) is 5.32 Å². The molecule has 1 amide bonds. The fourth-order valence-corrected chi connectivity index (χ4v) is 2.03. The largest absolute Gasteiger partial charge is 0.481 e. The van der Waals surface area contributed by atoms with Crippen LogP contribution in [0.2, 0.25) is 0 Å². The maximum atomic E-state index is 11.4. The van der Waals surface area contributed by atoms with E-state index in [0.29, 0.717) is 6.54 Å². The van der Waals surface area contributed by atoms with Crippen LogP contribution in [0.3, 0.4) is 0 Å². The molecule has 2 unspecified atom stereocenters. The highest BCUT2D eigenvalue weighted by Gasteiger charge is 2.40. The molecule has 0 saturated carbocycles. The van der Waals surface area contributed by atoms with E-state index in [1.807, 2.05) is 31.2 Å². The van der Waals surface area contributed by atoms with Crippen LogP contribution in [0.25, 0.3) is 0 Å². The number of benzene rings is 1. The van der Waals surface area contributed by atoms with Crippen molar-refractivity contribution in [3.05, 3.63) is 35.4 Å². The summed E-state index contributed by atoms with van der Waals surface area (Å²) in [4.78, 5) is 22.4. The van der Waals surface area contributed by atoms with Gasteiger partial charge >= 0.3 is 5.97 Å². The smallest absolute Gasteiger partial charge is 0.316 e. The summed E-state index contributed by atoms with van der Waals surface area (Å²) in [6.07, 6.45) is 0. The van der Waals surface area contributed by atoms with Crippen LogP contribution in [-0.4, -0.2) is 23.5 Å². The zero-order valence-corrected chi connectivity index (χ0v) is 8.93. The van der Waals surface area contributed by atoms with Crippen molar-refractivity contribution < 1.29 is 14.7 Å². The molecular weight excluding hydrogens is 206 g/mol. The summed E-state index contributed by atoms with van der Waals surface area (Å²) in [7, 11) is 0. The Labute approximate surface area is 93.3 Å². The molecule has 0 spiro atoms. The second kappa shape index (κ2) is 3.96. The van der Waals surface area contributed by atoms with Gasteiger partial charge in [0.1, 0.15) is 5.92 Å². The number of hydrogen-bond donors (Lipinski definition) is 2. The minimum atomic E-state index is -1.06. The second-order valence-corrected chi connectivity index (χ2v) is 4.08. The molecular formula is C12H13NO3. The van der Waals surface area contributed by atoms with Crippen LogP contribution in [0.4, 0.5) is 0 Å². The maximum Gasteiger partial charge on any atom is 0.316 e. The van der Waals surface area contributed by atoms with Crippen molar-refractivity contribution in [3.8, 4) is 0 Å². The highest BCUT2D eigenvalue weighted by atomic mass is 16.4. The number of rotatable bonds is 2. The maximum absolute atomic E-state index is 11.4. The van der Waals surface area contributed by atoms with Gasteiger partial charge in [-0.1, -0.05) is 29.8 Å². The number of aliphatic carboxylic acids is 1. The van der Waals surface area contributed by atoms with Crippen molar-refractivity contribution in [1.82, 2.24) is 5.32 Å². The van der Waals surface area contributed by atoms with Gasteiger partial charge in [0.15, 0.2) is 0 Å². The zero-order chi connectivity index (χ0) is 11.7. The summed E-state index contributed by atoms with van der Waals surface area (Å²) in [6, 6.07) is 7.63. The van der Waals surface area contributed by atoms with Gasteiger partial charge in [-0.05, 0) is 12.5 Å². The normalized spacial score (nSPS) is 24.2. The van der Waals surface area contributed by atoms with E-state index in [1.54, 1.807) is 0 Å². The molecule has 0 radical (unpaired) electrons. The van der Waals surface area contributed by atoms with E-state index in [-0.39, 0.29) is 5.92 Å². The van der Waals surface area contributed by atoms with E-state index in [9.17, 15) is 9.59 Å². The van der Waals surface area contributed by atoms with Gasteiger partial charge in [-0.15, -0.1) is 0 Å². The molecule has 2 rings (SSSR count). The number of amides is 1. The first-order valence-corrected chi connectivity index (χ1v) is 5.16. The first-order valence-electron chi connectivity index (χ1n) is 5.16. The van der Waals surface area contributed by atoms with E-state index >= 15 is 0 Å². The van der Waals surface area contributed by atoms with E-state index in [4.69, 9.17) is 5.11 Å². The lowest BCUT2D eigenvalue weighted by atomic mass is 9.88. The number of carboxylic acids is 1. The van der Waals surface area contributed by atoms with Gasteiger partial charge in [-0.2, -0.15) is 0 Å².